The van der Waals surface area contributed by atoms with Gasteiger partial charge in [-0.1, -0.05) is 6.07 Å². The molecule has 0 atom stereocenters. The van der Waals surface area contributed by atoms with Crippen LogP contribution in [0, 0.1) is 10.1 Å². The minimum absolute atomic E-state index is 0.0343. The van der Waals surface area contributed by atoms with Gasteiger partial charge in [0.1, 0.15) is 12.0 Å². The smallest absolute Gasteiger partial charge is 0.293 e. The van der Waals surface area contributed by atoms with Crippen molar-refractivity contribution in [2.45, 2.75) is 13.5 Å². The third-order valence-electron chi connectivity index (χ3n) is 2.98. The van der Waals surface area contributed by atoms with Gasteiger partial charge in [0.2, 0.25) is 0 Å². The average Bonchev–Trinajstić information content (AvgIpc) is 2.97. The molecule has 1 aromatic carbocycles. The number of nitro groups is 1. The second-order valence-electron chi connectivity index (χ2n) is 4.22. The molecule has 0 aliphatic rings. The first kappa shape index (κ1) is 14.2. The third kappa shape index (κ3) is 3.03. The first-order valence-electron chi connectivity index (χ1n) is 6.16. The van der Waals surface area contributed by atoms with Gasteiger partial charge in [0.05, 0.1) is 11.5 Å². The Morgan fingerprint density at radius 1 is 1.40 bits per heavy atom. The Hall–Kier alpha value is -2.21. The lowest BCUT2D eigenvalue weighted by Crippen LogP contribution is -2.22. The number of rotatable bonds is 6. The predicted octanol–water partition coefficient (Wildman–Crippen LogP) is 3.50. The lowest BCUT2D eigenvalue weighted by atomic mass is 10.1. The number of thiophene rings is 1. The van der Waals surface area contributed by atoms with Crippen LogP contribution in [-0.4, -0.2) is 17.8 Å². The van der Waals surface area contributed by atoms with Gasteiger partial charge in [-0.3, -0.25) is 14.9 Å². The van der Waals surface area contributed by atoms with E-state index in [4.69, 9.17) is 0 Å². The number of nitro benzene ring substituents is 1. The zero-order valence-electron chi connectivity index (χ0n) is 11.0. The Morgan fingerprint density at radius 2 is 2.20 bits per heavy atom. The van der Waals surface area contributed by atoms with E-state index in [1.807, 2.05) is 29.3 Å². The molecule has 0 radical (unpaired) electrons. The van der Waals surface area contributed by atoms with Crippen LogP contribution in [0.5, 0.6) is 0 Å². The van der Waals surface area contributed by atoms with E-state index in [1.165, 1.54) is 6.07 Å². The Balaban J connectivity index is 2.37. The van der Waals surface area contributed by atoms with E-state index in [1.54, 1.807) is 23.5 Å². The molecule has 2 aromatic rings. The maximum absolute atomic E-state index is 11.2. The molecular weight excluding hydrogens is 276 g/mol. The highest BCUT2D eigenvalue weighted by atomic mass is 32.1. The zero-order valence-corrected chi connectivity index (χ0v) is 11.8. The van der Waals surface area contributed by atoms with E-state index in [2.05, 4.69) is 0 Å². The number of hydrogen-bond acceptors (Lipinski definition) is 5. The van der Waals surface area contributed by atoms with Crippen molar-refractivity contribution in [2.24, 2.45) is 0 Å². The molecule has 0 fully saturated rings. The number of carbonyl (C=O) groups is 1. The first-order valence-corrected chi connectivity index (χ1v) is 7.04. The van der Waals surface area contributed by atoms with E-state index in [0.717, 1.165) is 4.88 Å². The molecule has 1 heterocycles. The Labute approximate surface area is 120 Å². The predicted molar refractivity (Wildman–Crippen MR) is 79.5 cm³/mol. The summed E-state index contributed by atoms with van der Waals surface area (Å²) in [6.45, 7) is 3.22. The molecule has 0 spiro atoms. The largest absolute Gasteiger partial charge is 0.361 e. The average molecular weight is 290 g/mol. The van der Waals surface area contributed by atoms with Gasteiger partial charge < -0.3 is 4.90 Å². The summed E-state index contributed by atoms with van der Waals surface area (Å²) >= 11 is 1.62. The van der Waals surface area contributed by atoms with E-state index < -0.39 is 4.92 Å². The fourth-order valence-corrected chi connectivity index (χ4v) is 2.70. The minimum Gasteiger partial charge on any atom is -0.361 e. The van der Waals surface area contributed by atoms with Gasteiger partial charge in [-0.2, -0.15) is 0 Å². The van der Waals surface area contributed by atoms with Crippen LogP contribution in [0.25, 0.3) is 0 Å². The summed E-state index contributed by atoms with van der Waals surface area (Å²) in [4.78, 5) is 24.6. The molecule has 104 valence electrons. The molecule has 0 saturated heterocycles. The normalized spacial score (nSPS) is 10.2. The zero-order chi connectivity index (χ0) is 14.5. The highest BCUT2D eigenvalue weighted by molar-refractivity contribution is 7.09. The summed E-state index contributed by atoms with van der Waals surface area (Å²) in [5.74, 6) is 0. The summed E-state index contributed by atoms with van der Waals surface area (Å²) in [6.07, 6.45) is 0.617. The van der Waals surface area contributed by atoms with Gasteiger partial charge in [-0.05, 0) is 30.5 Å². The van der Waals surface area contributed by atoms with Crippen molar-refractivity contribution in [1.82, 2.24) is 0 Å². The molecule has 5 nitrogen and oxygen atoms in total. The molecule has 0 unspecified atom stereocenters. The highest BCUT2D eigenvalue weighted by Gasteiger charge is 2.19. The van der Waals surface area contributed by atoms with Crippen molar-refractivity contribution in [3.63, 3.8) is 0 Å². The molecular formula is C14H14N2O3S. The van der Waals surface area contributed by atoms with Gasteiger partial charge in [0.25, 0.3) is 5.69 Å². The van der Waals surface area contributed by atoms with Gasteiger partial charge in [0, 0.05) is 23.1 Å². The van der Waals surface area contributed by atoms with Crippen molar-refractivity contribution in [3.05, 3.63) is 56.3 Å². The van der Waals surface area contributed by atoms with Crippen LogP contribution in [0.2, 0.25) is 0 Å². The Kier molecular flexibility index (Phi) is 4.47. The molecule has 20 heavy (non-hydrogen) atoms. The summed E-state index contributed by atoms with van der Waals surface area (Å²) < 4.78 is 0. The monoisotopic (exact) mass is 290 g/mol. The fraction of sp³-hybridized carbons (Fsp3) is 0.214. The molecule has 0 N–H and O–H groups in total. The van der Waals surface area contributed by atoms with Crippen molar-refractivity contribution in [2.75, 3.05) is 11.4 Å². The summed E-state index contributed by atoms with van der Waals surface area (Å²) in [6, 6.07) is 8.52. The van der Waals surface area contributed by atoms with Gasteiger partial charge in [-0.15, -0.1) is 11.3 Å². The van der Waals surface area contributed by atoms with Crippen LogP contribution in [-0.2, 0) is 6.54 Å². The van der Waals surface area contributed by atoms with E-state index in [9.17, 15) is 14.9 Å². The van der Waals surface area contributed by atoms with Crippen molar-refractivity contribution < 1.29 is 9.72 Å². The molecule has 6 heteroatoms. The highest BCUT2D eigenvalue weighted by Crippen LogP contribution is 2.30. The van der Waals surface area contributed by atoms with Crippen molar-refractivity contribution >= 4 is 29.0 Å². The number of anilines is 1. The Morgan fingerprint density at radius 3 is 2.75 bits per heavy atom. The quantitative estimate of drug-likeness (QED) is 0.464. The van der Waals surface area contributed by atoms with Crippen molar-refractivity contribution in [3.8, 4) is 0 Å². The van der Waals surface area contributed by atoms with Gasteiger partial charge in [0.15, 0.2) is 0 Å². The van der Waals surface area contributed by atoms with E-state index in [0.29, 0.717) is 30.6 Å². The summed E-state index contributed by atoms with van der Waals surface area (Å²) in [7, 11) is 0. The lowest BCUT2D eigenvalue weighted by molar-refractivity contribution is -0.384. The van der Waals surface area contributed by atoms with E-state index in [-0.39, 0.29) is 5.69 Å². The standard InChI is InChI=1S/C14H14N2O3S/c1-2-15(9-12-4-3-7-20-12)13-6-5-11(10-17)8-14(13)16(18)19/h3-8,10H,2,9H2,1H3. The van der Waals surface area contributed by atoms with Crippen LogP contribution in [0.1, 0.15) is 22.2 Å². The molecule has 0 aliphatic heterocycles. The first-order chi connectivity index (χ1) is 9.65. The molecule has 2 rings (SSSR count). The van der Waals surface area contributed by atoms with Crippen LogP contribution >= 0.6 is 11.3 Å². The SMILES string of the molecule is CCN(Cc1cccs1)c1ccc(C=O)cc1[N+](=O)[O-]. The number of aldehydes is 1. The molecule has 0 aliphatic carbocycles. The number of benzene rings is 1. The van der Waals surface area contributed by atoms with Crippen LogP contribution in [0.4, 0.5) is 11.4 Å². The van der Waals surface area contributed by atoms with E-state index >= 15 is 0 Å². The molecule has 0 bridgehead atoms. The number of carbonyl (C=O) groups excluding carboxylic acids is 1. The van der Waals surface area contributed by atoms with Crippen LogP contribution in [0.3, 0.4) is 0 Å². The molecule has 0 amide bonds. The van der Waals surface area contributed by atoms with Crippen LogP contribution < -0.4 is 4.90 Å². The van der Waals surface area contributed by atoms with Gasteiger partial charge >= 0.3 is 0 Å². The topological polar surface area (TPSA) is 63.5 Å². The molecule has 1 aromatic heterocycles. The minimum atomic E-state index is -0.445. The maximum Gasteiger partial charge on any atom is 0.293 e. The second-order valence-corrected chi connectivity index (χ2v) is 5.25. The van der Waals surface area contributed by atoms with Crippen LogP contribution in [0.15, 0.2) is 35.7 Å². The number of nitrogens with zero attached hydrogens (tertiary/aromatic N) is 2. The lowest BCUT2D eigenvalue weighted by Gasteiger charge is -2.22. The fourth-order valence-electron chi connectivity index (χ4n) is 1.99. The Bertz CT molecular complexity index is 611. The second kappa shape index (κ2) is 6.29. The van der Waals surface area contributed by atoms with Crippen molar-refractivity contribution in [1.29, 1.82) is 0 Å². The third-order valence-corrected chi connectivity index (χ3v) is 3.84. The van der Waals surface area contributed by atoms with Gasteiger partial charge in [-0.25, -0.2) is 0 Å². The summed E-state index contributed by atoms with van der Waals surface area (Å²) in [5.41, 5.74) is 0.817. The number of hydrogen-bond donors (Lipinski definition) is 0. The molecule has 0 saturated carbocycles. The summed E-state index contributed by atoms with van der Waals surface area (Å²) in [5, 5.41) is 13.2. The maximum atomic E-state index is 11.2.